The lowest BCUT2D eigenvalue weighted by Gasteiger charge is -2.26. The average Bonchev–Trinajstić information content (AvgIpc) is 3.29. The number of carbonyl (C=O) groups is 4. The van der Waals surface area contributed by atoms with Crippen molar-refractivity contribution >= 4 is 23.6 Å². The Morgan fingerprint density at radius 1 is 0.933 bits per heavy atom. The molecule has 0 aliphatic carbocycles. The first-order valence-corrected chi connectivity index (χ1v) is 15.0. The first kappa shape index (κ1) is 33.3. The highest BCUT2D eigenvalue weighted by atomic mass is 19.1. The minimum atomic E-state index is -1.69. The zero-order valence-corrected chi connectivity index (χ0v) is 25.6. The second kappa shape index (κ2) is 14.9. The molecule has 2 atom stereocenters. The molecule has 1 aliphatic heterocycles. The minimum absolute atomic E-state index is 0.131. The average molecular weight is 621 g/mol. The van der Waals surface area contributed by atoms with Crippen molar-refractivity contribution in [3.05, 3.63) is 106 Å². The molecule has 3 aromatic rings. The summed E-state index contributed by atoms with van der Waals surface area (Å²) in [5, 5.41) is 16.1. The molecular weight excluding hydrogens is 582 g/mol. The Morgan fingerprint density at radius 2 is 1.58 bits per heavy atom. The summed E-state index contributed by atoms with van der Waals surface area (Å²) in [6, 6.07) is 13.3. The summed E-state index contributed by atoms with van der Waals surface area (Å²) in [6.07, 6.45) is -0.386. The Bertz CT molecular complexity index is 1550. The number of hydrogen-bond acceptors (Lipinski definition) is 5. The van der Waals surface area contributed by atoms with Crippen LogP contribution < -0.4 is 10.6 Å². The molecule has 4 amide bonds. The first-order chi connectivity index (χ1) is 21.5. The maximum absolute atomic E-state index is 14.0. The lowest BCUT2D eigenvalue weighted by Crippen LogP contribution is -2.54. The van der Waals surface area contributed by atoms with Crippen LogP contribution in [0.3, 0.4) is 0 Å². The standard InChI is InChI=1S/C34H38F2N4O5/c1-4-10-39(11-5-2)33(44)25-13-21(3)12-24(17-25)31(42)37-29(16-22-14-26(35)18-27(36)15-22)32(43)38-30(41)20-40-19-23-8-6-7-9-28(23)34(40)45/h6-9,12-15,17-18,29,32,43H,4-5,10-11,16,19-20H2,1-3H3,(H,37,42)(H,38,41)/t29-,32-/m1/s1. The Labute approximate surface area is 261 Å². The third-order valence-electron chi connectivity index (χ3n) is 7.48. The Morgan fingerprint density at radius 3 is 2.22 bits per heavy atom. The largest absolute Gasteiger partial charge is 0.372 e. The number of benzene rings is 3. The number of aliphatic hydroxyl groups is 1. The number of fused-ring (bicyclic) bond motifs is 1. The zero-order valence-electron chi connectivity index (χ0n) is 25.6. The lowest BCUT2D eigenvalue weighted by atomic mass is 10.0. The Kier molecular flexibility index (Phi) is 11.0. The summed E-state index contributed by atoms with van der Waals surface area (Å²) in [7, 11) is 0. The smallest absolute Gasteiger partial charge is 0.254 e. The number of carbonyl (C=O) groups excluding carboxylic acids is 4. The van der Waals surface area contributed by atoms with Crippen LogP contribution in [0, 0.1) is 18.6 Å². The van der Waals surface area contributed by atoms with Gasteiger partial charge in [-0.25, -0.2) is 8.78 Å². The van der Waals surface area contributed by atoms with Gasteiger partial charge in [-0.15, -0.1) is 0 Å². The summed E-state index contributed by atoms with van der Waals surface area (Å²) in [4.78, 5) is 55.4. The van der Waals surface area contributed by atoms with E-state index < -0.39 is 35.7 Å². The van der Waals surface area contributed by atoms with Gasteiger partial charge in [0.2, 0.25) is 5.91 Å². The third-order valence-corrected chi connectivity index (χ3v) is 7.48. The molecule has 0 bridgehead atoms. The SMILES string of the molecule is CCCN(CCC)C(=O)c1cc(C)cc(C(=O)N[C@H](Cc2cc(F)cc(F)c2)[C@@H](O)NC(=O)CN2Cc3ccccc3C2=O)c1. The van der Waals surface area contributed by atoms with Gasteiger partial charge in [0.15, 0.2) is 0 Å². The number of hydrogen-bond donors (Lipinski definition) is 3. The molecule has 1 heterocycles. The van der Waals surface area contributed by atoms with Crippen molar-refractivity contribution < 1.29 is 33.1 Å². The number of nitrogens with zero attached hydrogens (tertiary/aromatic N) is 2. The lowest BCUT2D eigenvalue weighted by molar-refractivity contribution is -0.125. The normalized spacial score (nSPS) is 13.6. The van der Waals surface area contributed by atoms with Crippen molar-refractivity contribution in [1.82, 2.24) is 20.4 Å². The van der Waals surface area contributed by atoms with E-state index in [1.807, 2.05) is 13.8 Å². The predicted molar refractivity (Wildman–Crippen MR) is 164 cm³/mol. The van der Waals surface area contributed by atoms with E-state index in [4.69, 9.17) is 0 Å². The van der Waals surface area contributed by atoms with Gasteiger partial charge in [-0.2, -0.15) is 0 Å². The molecule has 4 rings (SSSR count). The number of amides is 4. The van der Waals surface area contributed by atoms with Gasteiger partial charge in [-0.05, 0) is 79.3 Å². The summed E-state index contributed by atoms with van der Waals surface area (Å²) in [5.74, 6) is -3.57. The zero-order chi connectivity index (χ0) is 32.7. The fraction of sp³-hybridized carbons (Fsp3) is 0.353. The van der Waals surface area contributed by atoms with Gasteiger partial charge >= 0.3 is 0 Å². The van der Waals surface area contributed by atoms with Crippen LogP contribution >= 0.6 is 0 Å². The molecule has 45 heavy (non-hydrogen) atoms. The highest BCUT2D eigenvalue weighted by Crippen LogP contribution is 2.22. The van der Waals surface area contributed by atoms with Crippen molar-refractivity contribution in [2.24, 2.45) is 0 Å². The number of halogens is 2. The molecule has 0 spiro atoms. The summed E-state index contributed by atoms with van der Waals surface area (Å²) in [6.45, 7) is 6.70. The summed E-state index contributed by atoms with van der Waals surface area (Å²) < 4.78 is 28.0. The van der Waals surface area contributed by atoms with Gasteiger partial charge in [0.25, 0.3) is 17.7 Å². The van der Waals surface area contributed by atoms with Crippen molar-refractivity contribution in [3.8, 4) is 0 Å². The van der Waals surface area contributed by atoms with Crippen molar-refractivity contribution in [2.75, 3.05) is 19.6 Å². The molecule has 11 heteroatoms. The number of nitrogens with one attached hydrogen (secondary N) is 2. The van der Waals surface area contributed by atoms with E-state index >= 15 is 0 Å². The fourth-order valence-electron chi connectivity index (χ4n) is 5.48. The highest BCUT2D eigenvalue weighted by Gasteiger charge is 2.30. The monoisotopic (exact) mass is 620 g/mol. The summed E-state index contributed by atoms with van der Waals surface area (Å²) in [5.41, 5.74) is 2.53. The van der Waals surface area contributed by atoms with Crippen LogP contribution in [0.5, 0.6) is 0 Å². The van der Waals surface area contributed by atoms with Crippen LogP contribution in [0.4, 0.5) is 8.78 Å². The van der Waals surface area contributed by atoms with E-state index in [1.54, 1.807) is 48.2 Å². The number of rotatable bonds is 13. The molecule has 9 nitrogen and oxygen atoms in total. The van der Waals surface area contributed by atoms with Crippen LogP contribution in [-0.4, -0.2) is 70.4 Å². The topological polar surface area (TPSA) is 119 Å². The van der Waals surface area contributed by atoms with E-state index in [0.29, 0.717) is 35.8 Å². The Hall–Kier alpha value is -4.64. The van der Waals surface area contributed by atoms with Gasteiger partial charge in [0, 0.05) is 42.4 Å². The van der Waals surface area contributed by atoms with E-state index in [0.717, 1.165) is 30.5 Å². The van der Waals surface area contributed by atoms with Crippen LogP contribution in [0.25, 0.3) is 0 Å². The molecular formula is C34H38F2N4O5. The number of aliphatic hydroxyl groups excluding tert-OH is 1. The molecule has 3 N–H and O–H groups in total. The first-order valence-electron chi connectivity index (χ1n) is 15.0. The quantitative estimate of drug-likeness (QED) is 0.250. The molecule has 0 saturated heterocycles. The molecule has 0 saturated carbocycles. The van der Waals surface area contributed by atoms with Gasteiger partial charge < -0.3 is 25.5 Å². The Balaban J connectivity index is 1.53. The van der Waals surface area contributed by atoms with Crippen molar-refractivity contribution in [2.45, 2.75) is 58.8 Å². The van der Waals surface area contributed by atoms with Gasteiger partial charge in [-0.3, -0.25) is 19.2 Å². The molecule has 0 radical (unpaired) electrons. The maximum atomic E-state index is 14.0. The molecule has 0 aromatic heterocycles. The van der Waals surface area contributed by atoms with Crippen molar-refractivity contribution in [3.63, 3.8) is 0 Å². The maximum Gasteiger partial charge on any atom is 0.254 e. The predicted octanol–water partition coefficient (Wildman–Crippen LogP) is 3.97. The molecule has 0 fully saturated rings. The fourth-order valence-corrected chi connectivity index (χ4v) is 5.48. The number of aryl methyl sites for hydroxylation is 1. The van der Waals surface area contributed by atoms with Crippen LogP contribution in [0.15, 0.2) is 60.7 Å². The third kappa shape index (κ3) is 8.51. The van der Waals surface area contributed by atoms with Crippen LogP contribution in [0.1, 0.15) is 74.5 Å². The van der Waals surface area contributed by atoms with E-state index in [1.165, 1.54) is 11.0 Å². The van der Waals surface area contributed by atoms with Gasteiger partial charge in [0.1, 0.15) is 24.4 Å². The molecule has 0 unspecified atom stereocenters. The van der Waals surface area contributed by atoms with E-state index in [9.17, 15) is 33.1 Å². The molecule has 1 aliphatic rings. The van der Waals surface area contributed by atoms with Crippen molar-refractivity contribution in [1.29, 1.82) is 0 Å². The second-order valence-corrected chi connectivity index (χ2v) is 11.3. The molecule has 238 valence electrons. The second-order valence-electron chi connectivity index (χ2n) is 11.3. The van der Waals surface area contributed by atoms with Crippen LogP contribution in [0.2, 0.25) is 0 Å². The highest BCUT2D eigenvalue weighted by molar-refractivity contribution is 6.01. The summed E-state index contributed by atoms with van der Waals surface area (Å²) >= 11 is 0. The van der Waals surface area contributed by atoms with E-state index in [2.05, 4.69) is 10.6 Å². The molecule has 3 aromatic carbocycles. The minimum Gasteiger partial charge on any atom is -0.372 e. The van der Waals surface area contributed by atoms with Crippen LogP contribution in [-0.2, 0) is 17.8 Å². The van der Waals surface area contributed by atoms with E-state index in [-0.39, 0.29) is 42.5 Å². The van der Waals surface area contributed by atoms with Gasteiger partial charge in [0.05, 0.1) is 6.04 Å². The van der Waals surface area contributed by atoms with Gasteiger partial charge in [-0.1, -0.05) is 32.0 Å².